The summed E-state index contributed by atoms with van der Waals surface area (Å²) in [6, 6.07) is 8.78. The largest absolute Gasteiger partial charge is 0.493 e. The molecule has 182 valence electrons. The first-order valence-electron chi connectivity index (χ1n) is 10.3. The van der Waals surface area contributed by atoms with Crippen molar-refractivity contribution in [3.05, 3.63) is 49.5 Å². The zero-order valence-electron chi connectivity index (χ0n) is 19.2. The number of rotatable bonds is 9. The molecule has 0 aliphatic rings. The van der Waals surface area contributed by atoms with Gasteiger partial charge in [0, 0.05) is 16.2 Å². The van der Waals surface area contributed by atoms with Crippen LogP contribution in [0.4, 0.5) is 5.69 Å². The number of benzene rings is 2. The van der Waals surface area contributed by atoms with Crippen LogP contribution in [0.25, 0.3) is 0 Å². The number of nitrogens with zero attached hydrogens (tertiary/aromatic N) is 1. The highest BCUT2D eigenvalue weighted by molar-refractivity contribution is 14.1. The number of halogens is 2. The Bertz CT molecular complexity index is 1090. The fourth-order valence-corrected chi connectivity index (χ4v) is 3.65. The maximum absolute atomic E-state index is 12.3. The van der Waals surface area contributed by atoms with Crippen molar-refractivity contribution in [2.75, 3.05) is 19.0 Å². The van der Waals surface area contributed by atoms with E-state index >= 15 is 0 Å². The monoisotopic (exact) mass is 644 g/mol. The molecule has 1 atom stereocenters. The van der Waals surface area contributed by atoms with Gasteiger partial charge in [0.1, 0.15) is 0 Å². The van der Waals surface area contributed by atoms with Crippen molar-refractivity contribution in [1.29, 1.82) is 0 Å². The third-order valence-electron chi connectivity index (χ3n) is 4.62. The summed E-state index contributed by atoms with van der Waals surface area (Å²) in [4.78, 5) is 35.9. The zero-order valence-corrected chi connectivity index (χ0v) is 22.9. The van der Waals surface area contributed by atoms with E-state index in [2.05, 4.69) is 59.7 Å². The highest BCUT2D eigenvalue weighted by atomic mass is 127. The Kier molecular flexibility index (Phi) is 10.8. The van der Waals surface area contributed by atoms with E-state index in [1.807, 2.05) is 26.0 Å². The lowest BCUT2D eigenvalue weighted by molar-refractivity contribution is -0.139. The molecular formula is C23H26BrIN4O5. The van der Waals surface area contributed by atoms with Crippen LogP contribution in [0.15, 0.2) is 39.9 Å². The highest BCUT2D eigenvalue weighted by Gasteiger charge is 2.15. The average Bonchev–Trinajstić information content (AvgIpc) is 2.80. The van der Waals surface area contributed by atoms with Gasteiger partial charge < -0.3 is 20.1 Å². The summed E-state index contributed by atoms with van der Waals surface area (Å²) in [5.41, 5.74) is 4.46. The number of ether oxygens (including phenoxy) is 2. The standard InChI is InChI=1S/C23H26BrIN4O5/c1-5-14(3)27-22(31)23(32)29-26-11-15-9-18(25)21(19(10-15)33-4)34-12-20(30)28-16-6-7-17(24)13(2)8-16/h6-11,14H,5,12H2,1-4H3,(H,27,31)(H,28,30)(H,29,32)/b26-11-/t14-/m0/s1. The van der Waals surface area contributed by atoms with Gasteiger partial charge in [-0.25, -0.2) is 5.43 Å². The normalized spacial score (nSPS) is 11.6. The maximum atomic E-state index is 12.3. The van der Waals surface area contributed by atoms with Crippen molar-refractivity contribution in [2.45, 2.75) is 33.2 Å². The summed E-state index contributed by atoms with van der Waals surface area (Å²) in [6.45, 7) is 5.43. The Morgan fingerprint density at radius 1 is 1.21 bits per heavy atom. The minimum Gasteiger partial charge on any atom is -0.493 e. The fraction of sp³-hybridized carbons (Fsp3) is 0.304. The Labute approximate surface area is 220 Å². The molecule has 0 bridgehead atoms. The molecule has 9 nitrogen and oxygen atoms in total. The van der Waals surface area contributed by atoms with Gasteiger partial charge in [-0.1, -0.05) is 22.9 Å². The summed E-state index contributed by atoms with van der Waals surface area (Å²) in [5.74, 6) is -1.13. The number of amides is 3. The van der Waals surface area contributed by atoms with E-state index in [0.717, 1.165) is 10.0 Å². The van der Waals surface area contributed by atoms with Crippen LogP contribution in [0.1, 0.15) is 31.4 Å². The molecule has 3 N–H and O–H groups in total. The Balaban J connectivity index is 2.00. The molecule has 34 heavy (non-hydrogen) atoms. The molecule has 0 saturated carbocycles. The number of methoxy groups -OCH3 is 1. The smallest absolute Gasteiger partial charge is 0.329 e. The van der Waals surface area contributed by atoms with Crippen LogP contribution >= 0.6 is 38.5 Å². The second-order valence-electron chi connectivity index (χ2n) is 7.32. The van der Waals surface area contributed by atoms with Gasteiger partial charge in [-0.3, -0.25) is 14.4 Å². The summed E-state index contributed by atoms with van der Waals surface area (Å²) in [7, 11) is 1.48. The predicted molar refractivity (Wildman–Crippen MR) is 142 cm³/mol. The number of anilines is 1. The van der Waals surface area contributed by atoms with Gasteiger partial charge in [-0.2, -0.15) is 5.10 Å². The molecule has 0 fully saturated rings. The molecule has 2 aromatic rings. The number of hydrogen-bond acceptors (Lipinski definition) is 6. The van der Waals surface area contributed by atoms with Crippen molar-refractivity contribution in [1.82, 2.24) is 10.7 Å². The molecule has 0 aromatic heterocycles. The predicted octanol–water partition coefficient (Wildman–Crippen LogP) is 3.75. The molecule has 2 rings (SSSR count). The number of carbonyl (C=O) groups excluding carboxylic acids is 3. The molecule has 2 aromatic carbocycles. The number of hydrogen-bond donors (Lipinski definition) is 3. The van der Waals surface area contributed by atoms with E-state index < -0.39 is 11.8 Å². The Morgan fingerprint density at radius 2 is 1.94 bits per heavy atom. The highest BCUT2D eigenvalue weighted by Crippen LogP contribution is 2.33. The van der Waals surface area contributed by atoms with E-state index in [1.54, 1.807) is 25.1 Å². The Morgan fingerprint density at radius 3 is 2.59 bits per heavy atom. The third-order valence-corrected chi connectivity index (χ3v) is 6.31. The van der Waals surface area contributed by atoms with Crippen LogP contribution in [0.2, 0.25) is 0 Å². The van der Waals surface area contributed by atoms with Crippen molar-refractivity contribution in [3.8, 4) is 11.5 Å². The lowest BCUT2D eigenvalue weighted by Crippen LogP contribution is -2.41. The summed E-state index contributed by atoms with van der Waals surface area (Å²) in [5, 5.41) is 9.17. The first kappa shape index (κ1) is 27.6. The van der Waals surface area contributed by atoms with Crippen LogP contribution in [0, 0.1) is 10.5 Å². The summed E-state index contributed by atoms with van der Waals surface area (Å²) < 4.78 is 12.7. The van der Waals surface area contributed by atoms with E-state index in [4.69, 9.17) is 9.47 Å². The molecule has 0 saturated heterocycles. The molecule has 0 unspecified atom stereocenters. The van der Waals surface area contributed by atoms with Crippen LogP contribution in [0.3, 0.4) is 0 Å². The second kappa shape index (κ2) is 13.3. The van der Waals surface area contributed by atoms with Gasteiger partial charge in [-0.05, 0) is 84.3 Å². The van der Waals surface area contributed by atoms with E-state index in [9.17, 15) is 14.4 Å². The van der Waals surface area contributed by atoms with Crippen molar-refractivity contribution < 1.29 is 23.9 Å². The quantitative estimate of drug-likeness (QED) is 0.166. The summed E-state index contributed by atoms with van der Waals surface area (Å²) in [6.07, 6.45) is 2.09. The molecule has 0 heterocycles. The first-order chi connectivity index (χ1) is 16.1. The molecule has 0 radical (unpaired) electrons. The minimum absolute atomic E-state index is 0.110. The molecule has 11 heteroatoms. The molecule has 0 aliphatic heterocycles. The number of carbonyl (C=O) groups is 3. The number of nitrogens with one attached hydrogen (secondary N) is 3. The minimum atomic E-state index is -0.856. The van der Waals surface area contributed by atoms with Crippen LogP contribution in [-0.2, 0) is 14.4 Å². The van der Waals surface area contributed by atoms with Crippen LogP contribution in [-0.4, -0.2) is 43.7 Å². The number of hydrazone groups is 1. The van der Waals surface area contributed by atoms with E-state index in [0.29, 0.717) is 32.7 Å². The average molecular weight is 645 g/mol. The van der Waals surface area contributed by atoms with Crippen molar-refractivity contribution in [3.63, 3.8) is 0 Å². The lowest BCUT2D eigenvalue weighted by Gasteiger charge is -2.14. The SMILES string of the molecule is CC[C@H](C)NC(=O)C(=O)N/N=C\c1cc(I)c(OCC(=O)Nc2ccc(Br)c(C)c2)c(OC)c1. The van der Waals surface area contributed by atoms with Gasteiger partial charge in [0.2, 0.25) is 0 Å². The van der Waals surface area contributed by atoms with Crippen molar-refractivity contribution >= 4 is 68.1 Å². The maximum Gasteiger partial charge on any atom is 0.329 e. The van der Waals surface area contributed by atoms with Gasteiger partial charge in [0.25, 0.3) is 5.91 Å². The van der Waals surface area contributed by atoms with Crippen LogP contribution in [0.5, 0.6) is 11.5 Å². The molecule has 0 aliphatic carbocycles. The van der Waals surface area contributed by atoms with Gasteiger partial charge >= 0.3 is 11.8 Å². The fourth-order valence-electron chi connectivity index (χ4n) is 2.62. The van der Waals surface area contributed by atoms with Gasteiger partial charge in [0.15, 0.2) is 18.1 Å². The topological polar surface area (TPSA) is 118 Å². The first-order valence-corrected chi connectivity index (χ1v) is 12.2. The second-order valence-corrected chi connectivity index (χ2v) is 9.33. The zero-order chi connectivity index (χ0) is 25.3. The van der Waals surface area contributed by atoms with Gasteiger partial charge in [-0.15, -0.1) is 0 Å². The third kappa shape index (κ3) is 8.28. The molecule has 0 spiro atoms. The Hall–Kier alpha value is -2.67. The van der Waals surface area contributed by atoms with Crippen LogP contribution < -0.4 is 25.5 Å². The van der Waals surface area contributed by atoms with E-state index in [-0.39, 0.29) is 18.6 Å². The lowest BCUT2D eigenvalue weighted by atomic mass is 10.2. The molecular weight excluding hydrogens is 619 g/mol. The molecule has 3 amide bonds. The van der Waals surface area contributed by atoms with E-state index in [1.165, 1.54) is 13.3 Å². The summed E-state index contributed by atoms with van der Waals surface area (Å²) >= 11 is 5.48. The van der Waals surface area contributed by atoms with Crippen molar-refractivity contribution in [2.24, 2.45) is 5.10 Å². The number of aryl methyl sites for hydroxylation is 1. The van der Waals surface area contributed by atoms with Gasteiger partial charge in [0.05, 0.1) is 16.9 Å².